The lowest BCUT2D eigenvalue weighted by molar-refractivity contribution is 0.175. The van der Waals surface area contributed by atoms with Gasteiger partial charge < -0.3 is 9.64 Å². The normalized spacial score (nSPS) is 23.8. The van der Waals surface area contributed by atoms with Crippen LogP contribution in [0.5, 0.6) is 0 Å². The maximum Gasteiger partial charge on any atom is 0.223 e. The second-order valence-corrected chi connectivity index (χ2v) is 5.12. The lowest BCUT2D eigenvalue weighted by atomic mass is 9.98. The van der Waals surface area contributed by atoms with E-state index < -0.39 is 0 Å². The molecule has 0 bridgehead atoms. The molecule has 0 saturated carbocycles. The maximum atomic E-state index is 5.39. The summed E-state index contributed by atoms with van der Waals surface area (Å²) in [5.41, 5.74) is 2.12. The molecule has 0 aromatic rings. The van der Waals surface area contributed by atoms with Crippen LogP contribution in [-0.2, 0) is 4.74 Å². The molecular weight excluding hydrogens is 288 g/mol. The van der Waals surface area contributed by atoms with Crippen molar-refractivity contribution in [3.8, 4) is 0 Å². The predicted molar refractivity (Wildman–Crippen MR) is 90.5 cm³/mol. The van der Waals surface area contributed by atoms with Crippen LogP contribution < -0.4 is 0 Å². The van der Waals surface area contributed by atoms with E-state index in [0.29, 0.717) is 0 Å². The molecule has 2 unspecified atom stereocenters. The fourth-order valence-corrected chi connectivity index (χ4v) is 2.43. The van der Waals surface area contributed by atoms with Crippen molar-refractivity contribution < 1.29 is 4.74 Å². The largest absolute Gasteiger partial charge is 0.373 e. The van der Waals surface area contributed by atoms with E-state index in [9.17, 15) is 0 Å². The summed E-state index contributed by atoms with van der Waals surface area (Å²) < 4.78 is 5.39. The van der Waals surface area contributed by atoms with E-state index in [2.05, 4.69) is 29.7 Å². The van der Waals surface area contributed by atoms with Crippen molar-refractivity contribution >= 4 is 24.1 Å². The van der Waals surface area contributed by atoms with Gasteiger partial charge in [-0.15, -0.1) is 12.4 Å². The highest BCUT2D eigenvalue weighted by atomic mass is 35.5. The Bertz CT molecular complexity index is 478. The standard InChI is InChI=1S/C15H24N4O.ClH/c1-6-19(7-2)15-16-13-9-8-11(20-5)10-12(13)14(17-15)18(3)4;/h8-11,14H,6-7H2,1-5H3;1H. The predicted octanol–water partition coefficient (Wildman–Crippen LogP) is 1.96. The summed E-state index contributed by atoms with van der Waals surface area (Å²) in [6.07, 6.45) is 6.18. The molecule has 0 radical (unpaired) electrons. The first-order valence-electron chi connectivity index (χ1n) is 7.11. The number of methoxy groups -OCH3 is 1. The van der Waals surface area contributed by atoms with Crippen LogP contribution in [0.2, 0.25) is 0 Å². The molecule has 1 aliphatic carbocycles. The van der Waals surface area contributed by atoms with Crippen molar-refractivity contribution in [3.63, 3.8) is 0 Å². The molecule has 0 fully saturated rings. The van der Waals surface area contributed by atoms with Crippen molar-refractivity contribution in [1.82, 2.24) is 9.80 Å². The fourth-order valence-electron chi connectivity index (χ4n) is 2.43. The monoisotopic (exact) mass is 312 g/mol. The average Bonchev–Trinajstić information content (AvgIpc) is 2.47. The first-order chi connectivity index (χ1) is 9.60. The molecule has 0 N–H and O–H groups in total. The average molecular weight is 313 g/mol. The summed E-state index contributed by atoms with van der Waals surface area (Å²) in [6, 6.07) is 0. The summed E-state index contributed by atoms with van der Waals surface area (Å²) in [7, 11) is 5.79. The zero-order valence-electron chi connectivity index (χ0n) is 13.4. The topological polar surface area (TPSA) is 40.4 Å². The van der Waals surface area contributed by atoms with E-state index in [1.165, 1.54) is 0 Å². The summed E-state index contributed by atoms with van der Waals surface area (Å²) >= 11 is 0. The van der Waals surface area contributed by atoms with E-state index in [0.717, 1.165) is 30.3 Å². The van der Waals surface area contributed by atoms with Gasteiger partial charge in [0.2, 0.25) is 5.96 Å². The number of hydrogen-bond donors (Lipinski definition) is 0. The van der Waals surface area contributed by atoms with Crippen molar-refractivity contribution in [2.24, 2.45) is 9.98 Å². The Balaban J connectivity index is 0.00000220. The molecule has 118 valence electrons. The van der Waals surface area contributed by atoms with Crippen molar-refractivity contribution in [2.75, 3.05) is 34.3 Å². The number of hydrogen-bond acceptors (Lipinski definition) is 5. The number of halogens is 1. The van der Waals surface area contributed by atoms with Crippen LogP contribution in [0.25, 0.3) is 0 Å². The van der Waals surface area contributed by atoms with E-state index in [1.54, 1.807) is 7.11 Å². The quantitative estimate of drug-likeness (QED) is 0.797. The fraction of sp³-hybridized carbons (Fsp3) is 0.600. The Kier molecular flexibility index (Phi) is 6.58. The molecule has 0 spiro atoms. The summed E-state index contributed by atoms with van der Waals surface area (Å²) in [4.78, 5) is 13.8. The number of ether oxygens (including phenoxy) is 1. The van der Waals surface area contributed by atoms with Crippen LogP contribution in [-0.4, -0.2) is 68.0 Å². The van der Waals surface area contributed by atoms with Gasteiger partial charge in [0, 0.05) is 25.8 Å². The third kappa shape index (κ3) is 3.73. The molecular formula is C15H25ClN4O. The highest BCUT2D eigenvalue weighted by Crippen LogP contribution is 2.23. The Hall–Kier alpha value is -1.17. The molecule has 0 amide bonds. The van der Waals surface area contributed by atoms with Gasteiger partial charge in [-0.1, -0.05) is 0 Å². The number of aliphatic imine (C=N–C) groups is 2. The molecule has 0 aromatic carbocycles. The second-order valence-electron chi connectivity index (χ2n) is 5.12. The van der Waals surface area contributed by atoms with E-state index in [1.807, 2.05) is 26.2 Å². The highest BCUT2D eigenvalue weighted by molar-refractivity contribution is 6.16. The minimum atomic E-state index is 0. The van der Waals surface area contributed by atoms with Gasteiger partial charge in [-0.2, -0.15) is 0 Å². The number of allylic oxidation sites excluding steroid dienone is 1. The number of fused-ring (bicyclic) bond motifs is 1. The third-order valence-electron chi connectivity index (χ3n) is 3.63. The van der Waals surface area contributed by atoms with Crippen LogP contribution >= 0.6 is 12.4 Å². The maximum absolute atomic E-state index is 5.39. The van der Waals surface area contributed by atoms with Crippen LogP contribution in [0, 0.1) is 0 Å². The van der Waals surface area contributed by atoms with Gasteiger partial charge >= 0.3 is 0 Å². The van der Waals surface area contributed by atoms with Crippen molar-refractivity contribution in [2.45, 2.75) is 26.1 Å². The molecule has 2 aliphatic rings. The summed E-state index contributed by atoms with van der Waals surface area (Å²) in [5, 5.41) is 0. The zero-order chi connectivity index (χ0) is 14.7. The van der Waals surface area contributed by atoms with Gasteiger partial charge in [0.05, 0.1) is 11.8 Å². The van der Waals surface area contributed by atoms with Crippen molar-refractivity contribution in [3.05, 3.63) is 23.8 Å². The Morgan fingerprint density at radius 3 is 2.43 bits per heavy atom. The minimum absolute atomic E-state index is 0. The zero-order valence-corrected chi connectivity index (χ0v) is 14.2. The van der Waals surface area contributed by atoms with Gasteiger partial charge in [-0.3, -0.25) is 4.90 Å². The molecule has 5 nitrogen and oxygen atoms in total. The first kappa shape index (κ1) is 17.9. The smallest absolute Gasteiger partial charge is 0.223 e. The lowest BCUT2D eigenvalue weighted by Crippen LogP contribution is -2.41. The number of nitrogens with zero attached hydrogens (tertiary/aromatic N) is 4. The molecule has 1 heterocycles. The summed E-state index contributed by atoms with van der Waals surface area (Å²) in [5.74, 6) is 0.821. The van der Waals surface area contributed by atoms with Gasteiger partial charge in [-0.05, 0) is 46.2 Å². The van der Waals surface area contributed by atoms with Gasteiger partial charge in [0.25, 0.3) is 0 Å². The highest BCUT2D eigenvalue weighted by Gasteiger charge is 2.28. The SMILES string of the molecule is CCN(CC)C1=NC(N(C)C)C2=CC(OC)C=CC2=N1.Cl. The molecule has 21 heavy (non-hydrogen) atoms. The Labute approximate surface area is 133 Å². The summed E-state index contributed by atoms with van der Waals surface area (Å²) in [6.45, 7) is 6.07. The molecule has 6 heteroatoms. The van der Waals surface area contributed by atoms with E-state index in [-0.39, 0.29) is 24.7 Å². The van der Waals surface area contributed by atoms with Crippen LogP contribution in [0.1, 0.15) is 13.8 Å². The Morgan fingerprint density at radius 2 is 1.90 bits per heavy atom. The minimum Gasteiger partial charge on any atom is -0.373 e. The molecule has 0 saturated heterocycles. The van der Waals surface area contributed by atoms with E-state index >= 15 is 0 Å². The number of guanidine groups is 1. The number of likely N-dealkylation sites (N-methyl/N-ethyl adjacent to an activating group) is 1. The van der Waals surface area contributed by atoms with Crippen LogP contribution in [0.15, 0.2) is 33.8 Å². The van der Waals surface area contributed by atoms with Crippen LogP contribution in [0.3, 0.4) is 0 Å². The number of rotatable bonds is 4. The second kappa shape index (κ2) is 7.73. The molecule has 2 atom stereocenters. The lowest BCUT2D eigenvalue weighted by Gasteiger charge is -2.32. The van der Waals surface area contributed by atoms with Crippen molar-refractivity contribution in [1.29, 1.82) is 0 Å². The van der Waals surface area contributed by atoms with Crippen LogP contribution in [0.4, 0.5) is 0 Å². The van der Waals surface area contributed by atoms with Gasteiger partial charge in [0.1, 0.15) is 6.17 Å². The molecule has 1 aliphatic heterocycles. The van der Waals surface area contributed by atoms with Gasteiger partial charge in [0.15, 0.2) is 0 Å². The molecule has 2 rings (SSSR count). The third-order valence-corrected chi connectivity index (χ3v) is 3.63. The Morgan fingerprint density at radius 1 is 1.24 bits per heavy atom. The van der Waals surface area contributed by atoms with Gasteiger partial charge in [-0.25, -0.2) is 9.98 Å². The van der Waals surface area contributed by atoms with E-state index in [4.69, 9.17) is 14.7 Å². The molecule has 0 aromatic heterocycles. The first-order valence-corrected chi connectivity index (χ1v) is 7.11.